The van der Waals surface area contributed by atoms with Crippen LogP contribution in [0.4, 0.5) is 5.69 Å². The highest BCUT2D eigenvalue weighted by Gasteiger charge is 2.21. The van der Waals surface area contributed by atoms with E-state index in [0.29, 0.717) is 16.5 Å². The minimum Gasteiger partial charge on any atom is -0.399 e. The molecule has 2 heterocycles. The minimum atomic E-state index is -0.0485. The smallest absolute Gasteiger partial charge is 0.240 e. The van der Waals surface area contributed by atoms with Crippen molar-refractivity contribution in [3.8, 4) is 17.1 Å². The maximum atomic E-state index is 12.7. The molecule has 3 aromatic rings. The lowest BCUT2D eigenvalue weighted by atomic mass is 10.2. The van der Waals surface area contributed by atoms with Gasteiger partial charge >= 0.3 is 0 Å². The Hall–Kier alpha value is -2.83. The summed E-state index contributed by atoms with van der Waals surface area (Å²) in [7, 11) is 0. The van der Waals surface area contributed by atoms with Crippen LogP contribution in [0.25, 0.3) is 17.1 Å². The molecule has 0 spiro atoms. The first-order valence-corrected chi connectivity index (χ1v) is 10.6. The summed E-state index contributed by atoms with van der Waals surface area (Å²) < 4.78 is 2.03. The molecule has 7 heteroatoms. The number of nitrogens with zero attached hydrogens (tertiary/aromatic N) is 3. The van der Waals surface area contributed by atoms with Crippen LogP contribution in [0.15, 0.2) is 48.5 Å². The second-order valence-corrected chi connectivity index (χ2v) is 8.04. The predicted molar refractivity (Wildman–Crippen MR) is 120 cm³/mol. The normalized spacial score (nSPS) is 14.6. The highest BCUT2D eigenvalue weighted by Crippen LogP contribution is 2.31. The molecule has 6 nitrogen and oxygen atoms in total. The molecule has 0 radical (unpaired) electrons. The number of nitrogen functional groups attached to an aromatic ring is 1. The van der Waals surface area contributed by atoms with Gasteiger partial charge in [0.25, 0.3) is 0 Å². The third-order valence-corrected chi connectivity index (χ3v) is 5.77. The lowest BCUT2D eigenvalue weighted by Gasteiger charge is -2.26. The lowest BCUT2D eigenvalue weighted by Crippen LogP contribution is -2.45. The summed E-state index contributed by atoms with van der Waals surface area (Å²) in [5.74, 6) is 0.663. The molecular formula is C23H26ClN5O. The molecule has 1 fully saturated rings. The van der Waals surface area contributed by atoms with Gasteiger partial charge in [0.15, 0.2) is 0 Å². The third-order valence-electron chi connectivity index (χ3n) is 5.44. The Labute approximate surface area is 181 Å². The van der Waals surface area contributed by atoms with Crippen LogP contribution in [0.2, 0.25) is 5.02 Å². The third kappa shape index (κ3) is 4.35. The first kappa shape index (κ1) is 20.4. The van der Waals surface area contributed by atoms with Gasteiger partial charge in [-0.25, -0.2) is 9.99 Å². The summed E-state index contributed by atoms with van der Waals surface area (Å²) in [4.78, 5) is 17.5. The van der Waals surface area contributed by atoms with E-state index in [0.717, 1.165) is 48.6 Å². The van der Waals surface area contributed by atoms with Crippen LogP contribution in [0.1, 0.15) is 30.7 Å². The Morgan fingerprint density at radius 2 is 1.80 bits per heavy atom. The molecule has 2 aromatic carbocycles. The monoisotopic (exact) mass is 423 g/mol. The average molecular weight is 424 g/mol. The highest BCUT2D eigenvalue weighted by molar-refractivity contribution is 6.33. The molecule has 1 aromatic heterocycles. The van der Waals surface area contributed by atoms with Crippen LogP contribution in [0, 0.1) is 6.92 Å². The van der Waals surface area contributed by atoms with Crippen molar-refractivity contribution in [2.24, 2.45) is 0 Å². The molecule has 0 aliphatic carbocycles. The number of benzene rings is 2. The molecule has 156 valence electrons. The van der Waals surface area contributed by atoms with Gasteiger partial charge in [0.1, 0.15) is 5.82 Å². The number of anilines is 1. The molecule has 0 bridgehead atoms. The zero-order valence-electron chi connectivity index (χ0n) is 17.1. The summed E-state index contributed by atoms with van der Waals surface area (Å²) in [6, 6.07) is 15.2. The summed E-state index contributed by atoms with van der Waals surface area (Å²) in [5, 5.41) is 2.62. The van der Waals surface area contributed by atoms with Crippen LogP contribution in [0.5, 0.6) is 0 Å². The fourth-order valence-corrected chi connectivity index (χ4v) is 4.07. The first-order valence-electron chi connectivity index (χ1n) is 10.3. The van der Waals surface area contributed by atoms with E-state index in [1.54, 1.807) is 0 Å². The Morgan fingerprint density at radius 3 is 2.50 bits per heavy atom. The van der Waals surface area contributed by atoms with Gasteiger partial charge in [-0.2, -0.15) is 0 Å². The van der Waals surface area contributed by atoms with Gasteiger partial charge in [0.05, 0.1) is 17.1 Å². The zero-order valence-corrected chi connectivity index (χ0v) is 17.8. The van der Waals surface area contributed by atoms with Crippen LogP contribution >= 0.6 is 11.6 Å². The average Bonchev–Trinajstić information content (AvgIpc) is 3.05. The van der Waals surface area contributed by atoms with Crippen molar-refractivity contribution >= 4 is 23.2 Å². The Balaban J connectivity index is 1.69. The molecule has 3 N–H and O–H groups in total. The molecule has 0 saturated carbocycles. The van der Waals surface area contributed by atoms with Gasteiger partial charge in [-0.15, -0.1) is 0 Å². The summed E-state index contributed by atoms with van der Waals surface area (Å²) in [6.07, 6.45) is 3.66. The fourth-order valence-electron chi connectivity index (χ4n) is 3.85. The highest BCUT2D eigenvalue weighted by atomic mass is 35.5. The molecule has 0 atom stereocenters. The molecule has 1 saturated heterocycles. The van der Waals surface area contributed by atoms with E-state index in [4.69, 9.17) is 22.3 Å². The van der Waals surface area contributed by atoms with Gasteiger partial charge in [0, 0.05) is 35.7 Å². The van der Waals surface area contributed by atoms with Crippen molar-refractivity contribution in [3.63, 3.8) is 0 Å². The molecular weight excluding hydrogens is 398 g/mol. The number of rotatable bonds is 5. The minimum absolute atomic E-state index is 0.0485. The van der Waals surface area contributed by atoms with Gasteiger partial charge in [-0.1, -0.05) is 30.2 Å². The van der Waals surface area contributed by atoms with Crippen molar-refractivity contribution in [1.82, 2.24) is 20.0 Å². The van der Waals surface area contributed by atoms with Crippen molar-refractivity contribution in [1.29, 1.82) is 0 Å². The number of nitrogens with two attached hydrogens (primary N) is 1. The maximum absolute atomic E-state index is 12.7. The second-order valence-electron chi connectivity index (χ2n) is 7.63. The number of aromatic nitrogens is 2. The largest absolute Gasteiger partial charge is 0.399 e. The van der Waals surface area contributed by atoms with Gasteiger partial charge in [0.2, 0.25) is 5.91 Å². The number of carbonyl (C=O) groups is 1. The van der Waals surface area contributed by atoms with Crippen molar-refractivity contribution in [2.75, 3.05) is 18.8 Å². The lowest BCUT2D eigenvalue weighted by molar-refractivity contribution is -0.125. The summed E-state index contributed by atoms with van der Waals surface area (Å²) in [5.41, 5.74) is 13.0. The SMILES string of the molecule is Cc1c(CC(=O)NN2CCCCC2)nc(-c2ccccc2Cl)n1-c1ccc(N)cc1. The number of hydrogen-bond donors (Lipinski definition) is 2. The van der Waals surface area contributed by atoms with Crippen molar-refractivity contribution in [3.05, 3.63) is 64.9 Å². The standard InChI is InChI=1S/C23H26ClN5O/c1-16-21(15-22(30)27-28-13-5-2-6-14-28)26-23(19-7-3-4-8-20(19)24)29(16)18-11-9-17(25)10-12-18/h3-4,7-12H,2,5-6,13-15,25H2,1H3,(H,27,30). The van der Waals surface area contributed by atoms with Gasteiger partial charge < -0.3 is 5.73 Å². The first-order chi connectivity index (χ1) is 14.5. The van der Waals surface area contributed by atoms with Crippen LogP contribution in [-0.4, -0.2) is 33.6 Å². The van der Waals surface area contributed by atoms with Crippen molar-refractivity contribution < 1.29 is 4.79 Å². The topological polar surface area (TPSA) is 76.2 Å². The number of hydrazine groups is 1. The van der Waals surface area contributed by atoms with Crippen LogP contribution < -0.4 is 11.2 Å². The second kappa shape index (κ2) is 8.90. The Bertz CT molecular complexity index is 1040. The molecule has 0 unspecified atom stereocenters. The van der Waals surface area contributed by atoms with E-state index in [9.17, 15) is 4.79 Å². The van der Waals surface area contributed by atoms with Gasteiger partial charge in [-0.3, -0.25) is 14.8 Å². The van der Waals surface area contributed by atoms with Gasteiger partial charge in [-0.05, 0) is 56.2 Å². The van der Waals surface area contributed by atoms with E-state index in [1.165, 1.54) is 6.42 Å². The number of nitrogens with one attached hydrogen (secondary N) is 1. The summed E-state index contributed by atoms with van der Waals surface area (Å²) in [6.45, 7) is 3.78. The van der Waals surface area contributed by atoms with Crippen LogP contribution in [0.3, 0.4) is 0 Å². The number of imidazole rings is 1. The number of amides is 1. The molecule has 1 aliphatic rings. The predicted octanol–water partition coefficient (Wildman–Crippen LogP) is 4.14. The van der Waals surface area contributed by atoms with E-state index in [2.05, 4.69) is 5.43 Å². The van der Waals surface area contributed by atoms with E-state index in [-0.39, 0.29) is 12.3 Å². The van der Waals surface area contributed by atoms with E-state index < -0.39 is 0 Å². The van der Waals surface area contributed by atoms with E-state index in [1.807, 2.05) is 65.0 Å². The number of hydrogen-bond acceptors (Lipinski definition) is 4. The Kier molecular flexibility index (Phi) is 6.06. The molecule has 1 amide bonds. The molecule has 4 rings (SSSR count). The fraction of sp³-hybridized carbons (Fsp3) is 0.304. The zero-order chi connectivity index (χ0) is 21.1. The number of piperidine rings is 1. The number of halogens is 1. The quantitative estimate of drug-likeness (QED) is 0.604. The molecule has 1 aliphatic heterocycles. The maximum Gasteiger partial charge on any atom is 0.240 e. The summed E-state index contributed by atoms with van der Waals surface area (Å²) >= 11 is 6.48. The number of carbonyl (C=O) groups excluding carboxylic acids is 1. The van der Waals surface area contributed by atoms with E-state index >= 15 is 0 Å². The Morgan fingerprint density at radius 1 is 1.10 bits per heavy atom. The van der Waals surface area contributed by atoms with Crippen LogP contribution in [-0.2, 0) is 11.2 Å². The molecule has 30 heavy (non-hydrogen) atoms. The van der Waals surface area contributed by atoms with Crippen molar-refractivity contribution in [2.45, 2.75) is 32.6 Å².